The predicted octanol–water partition coefficient (Wildman–Crippen LogP) is 1.82. The highest BCUT2D eigenvalue weighted by Gasteiger charge is 2.10. The van der Waals surface area contributed by atoms with Gasteiger partial charge in [0.25, 0.3) is 0 Å². The first-order chi connectivity index (χ1) is 7.74. The Morgan fingerprint density at radius 3 is 2.81 bits per heavy atom. The maximum atomic E-state index is 13.6. The number of aromatic nitrogens is 2. The molecule has 0 aliphatic rings. The minimum Gasteiger partial charge on any atom is -0.330 e. The number of nitrogens with zero attached hydrogens (tertiary/aromatic N) is 2. The maximum Gasteiger partial charge on any atom is 0.148 e. The van der Waals surface area contributed by atoms with Crippen LogP contribution in [0, 0.1) is 12.7 Å². The van der Waals surface area contributed by atoms with Gasteiger partial charge < -0.3 is 5.73 Å². The number of benzene rings is 1. The molecule has 1 heterocycles. The molecule has 3 nitrogen and oxygen atoms in total. The van der Waals surface area contributed by atoms with Crippen LogP contribution in [0.25, 0.3) is 5.69 Å². The molecule has 4 heteroatoms. The molecule has 0 aliphatic heterocycles. The van der Waals surface area contributed by atoms with Crippen LogP contribution in [0.15, 0.2) is 30.5 Å². The number of hydrogen-bond donors (Lipinski definition) is 1. The Balaban J connectivity index is 2.45. The van der Waals surface area contributed by atoms with Gasteiger partial charge in [-0.15, -0.1) is 0 Å². The lowest BCUT2D eigenvalue weighted by atomic mass is 10.2. The van der Waals surface area contributed by atoms with Gasteiger partial charge in [0.1, 0.15) is 11.5 Å². The summed E-state index contributed by atoms with van der Waals surface area (Å²) in [6.07, 6.45) is 2.51. The second-order valence-corrected chi connectivity index (χ2v) is 3.66. The largest absolute Gasteiger partial charge is 0.330 e. The monoisotopic (exact) mass is 219 g/mol. The van der Waals surface area contributed by atoms with Gasteiger partial charge in [-0.25, -0.2) is 9.07 Å². The smallest absolute Gasteiger partial charge is 0.148 e. The van der Waals surface area contributed by atoms with E-state index in [-0.39, 0.29) is 5.82 Å². The molecule has 0 fully saturated rings. The van der Waals surface area contributed by atoms with Gasteiger partial charge in [-0.2, -0.15) is 5.10 Å². The van der Waals surface area contributed by atoms with E-state index in [1.54, 1.807) is 29.1 Å². The van der Waals surface area contributed by atoms with E-state index in [1.165, 1.54) is 6.07 Å². The lowest BCUT2D eigenvalue weighted by Crippen LogP contribution is -2.05. The molecule has 84 valence electrons. The molecule has 1 aromatic heterocycles. The van der Waals surface area contributed by atoms with Crippen LogP contribution in [0.2, 0.25) is 0 Å². The summed E-state index contributed by atoms with van der Waals surface area (Å²) in [5.74, 6) is -0.270. The molecule has 0 saturated heterocycles. The molecular weight excluding hydrogens is 205 g/mol. The second-order valence-electron chi connectivity index (χ2n) is 3.66. The van der Waals surface area contributed by atoms with Gasteiger partial charge in [-0.3, -0.25) is 0 Å². The first-order valence-corrected chi connectivity index (χ1v) is 5.22. The van der Waals surface area contributed by atoms with Crippen molar-refractivity contribution in [3.8, 4) is 5.69 Å². The highest BCUT2D eigenvalue weighted by Crippen LogP contribution is 2.16. The van der Waals surface area contributed by atoms with Crippen LogP contribution in [0.1, 0.15) is 11.3 Å². The van der Waals surface area contributed by atoms with Crippen LogP contribution in [-0.2, 0) is 6.42 Å². The van der Waals surface area contributed by atoms with E-state index in [0.717, 1.165) is 17.7 Å². The number of para-hydroxylation sites is 1. The standard InChI is InChI=1S/C12H14FN3/c1-9-10(6-7-14)8-15-16(9)12-5-3-2-4-11(12)13/h2-5,8H,6-7,14H2,1H3. The normalized spacial score (nSPS) is 10.7. The fraction of sp³-hybridized carbons (Fsp3) is 0.250. The Morgan fingerprint density at radius 1 is 1.38 bits per heavy atom. The fourth-order valence-electron chi connectivity index (χ4n) is 1.71. The summed E-state index contributed by atoms with van der Waals surface area (Å²) >= 11 is 0. The molecule has 0 amide bonds. The van der Waals surface area contributed by atoms with Crippen molar-refractivity contribution in [2.45, 2.75) is 13.3 Å². The SMILES string of the molecule is Cc1c(CCN)cnn1-c1ccccc1F. The predicted molar refractivity (Wildman–Crippen MR) is 61.0 cm³/mol. The van der Waals surface area contributed by atoms with Crippen molar-refractivity contribution in [1.29, 1.82) is 0 Å². The summed E-state index contributed by atoms with van der Waals surface area (Å²) in [7, 11) is 0. The van der Waals surface area contributed by atoms with Gasteiger partial charge in [0.05, 0.1) is 6.20 Å². The second kappa shape index (κ2) is 4.45. The summed E-state index contributed by atoms with van der Waals surface area (Å²) < 4.78 is 15.2. The molecule has 2 rings (SSSR count). The van der Waals surface area contributed by atoms with E-state index in [1.807, 2.05) is 6.92 Å². The third-order valence-corrected chi connectivity index (χ3v) is 2.61. The van der Waals surface area contributed by atoms with Crippen LogP contribution in [-0.4, -0.2) is 16.3 Å². The van der Waals surface area contributed by atoms with Crippen molar-refractivity contribution in [2.75, 3.05) is 6.54 Å². The zero-order valence-electron chi connectivity index (χ0n) is 9.15. The highest BCUT2D eigenvalue weighted by atomic mass is 19.1. The summed E-state index contributed by atoms with van der Waals surface area (Å²) in [4.78, 5) is 0. The molecule has 0 radical (unpaired) electrons. The molecule has 1 aromatic carbocycles. The maximum absolute atomic E-state index is 13.6. The van der Waals surface area contributed by atoms with Crippen LogP contribution >= 0.6 is 0 Å². The molecule has 0 bridgehead atoms. The molecule has 0 atom stereocenters. The topological polar surface area (TPSA) is 43.8 Å². The Hall–Kier alpha value is -1.68. The van der Waals surface area contributed by atoms with Crippen molar-refractivity contribution in [3.63, 3.8) is 0 Å². The van der Waals surface area contributed by atoms with E-state index in [9.17, 15) is 4.39 Å². The van der Waals surface area contributed by atoms with Crippen molar-refractivity contribution in [2.24, 2.45) is 5.73 Å². The number of halogens is 1. The minimum atomic E-state index is -0.270. The van der Waals surface area contributed by atoms with E-state index < -0.39 is 0 Å². The average molecular weight is 219 g/mol. The Morgan fingerprint density at radius 2 is 2.12 bits per heavy atom. The van der Waals surface area contributed by atoms with Gasteiger partial charge in [-0.1, -0.05) is 12.1 Å². The van der Waals surface area contributed by atoms with Gasteiger partial charge >= 0.3 is 0 Å². The lowest BCUT2D eigenvalue weighted by Gasteiger charge is -2.06. The van der Waals surface area contributed by atoms with Crippen LogP contribution in [0.5, 0.6) is 0 Å². The van der Waals surface area contributed by atoms with Crippen LogP contribution < -0.4 is 5.73 Å². The van der Waals surface area contributed by atoms with E-state index in [2.05, 4.69) is 5.10 Å². The van der Waals surface area contributed by atoms with E-state index >= 15 is 0 Å². The average Bonchev–Trinajstić information content (AvgIpc) is 2.62. The fourth-order valence-corrected chi connectivity index (χ4v) is 1.71. The van der Waals surface area contributed by atoms with Crippen molar-refractivity contribution < 1.29 is 4.39 Å². The van der Waals surface area contributed by atoms with Gasteiger partial charge in [0.2, 0.25) is 0 Å². The third-order valence-electron chi connectivity index (χ3n) is 2.61. The van der Waals surface area contributed by atoms with Gasteiger partial charge in [0.15, 0.2) is 0 Å². The van der Waals surface area contributed by atoms with Crippen LogP contribution in [0.3, 0.4) is 0 Å². The Labute approximate surface area is 93.7 Å². The van der Waals surface area contributed by atoms with E-state index in [0.29, 0.717) is 12.2 Å². The van der Waals surface area contributed by atoms with Gasteiger partial charge in [-0.05, 0) is 37.6 Å². The molecule has 2 aromatic rings. The number of rotatable bonds is 3. The summed E-state index contributed by atoms with van der Waals surface area (Å²) in [6, 6.07) is 6.60. The number of hydrogen-bond acceptors (Lipinski definition) is 2. The Bertz CT molecular complexity index is 491. The van der Waals surface area contributed by atoms with Gasteiger partial charge in [0, 0.05) is 5.69 Å². The molecule has 2 N–H and O–H groups in total. The van der Waals surface area contributed by atoms with Crippen molar-refractivity contribution >= 4 is 0 Å². The molecule has 0 unspecified atom stereocenters. The molecule has 16 heavy (non-hydrogen) atoms. The zero-order valence-corrected chi connectivity index (χ0v) is 9.15. The molecule has 0 saturated carbocycles. The zero-order chi connectivity index (χ0) is 11.5. The van der Waals surface area contributed by atoms with E-state index in [4.69, 9.17) is 5.73 Å². The highest BCUT2D eigenvalue weighted by molar-refractivity contribution is 5.36. The Kier molecular flexibility index (Phi) is 3.01. The summed E-state index contributed by atoms with van der Waals surface area (Å²) in [6.45, 7) is 2.49. The lowest BCUT2D eigenvalue weighted by molar-refractivity contribution is 0.608. The molecule has 0 spiro atoms. The summed E-state index contributed by atoms with van der Waals surface area (Å²) in [5, 5.41) is 4.19. The van der Waals surface area contributed by atoms with Crippen LogP contribution in [0.4, 0.5) is 4.39 Å². The van der Waals surface area contributed by atoms with Crippen molar-refractivity contribution in [3.05, 3.63) is 47.5 Å². The first-order valence-electron chi connectivity index (χ1n) is 5.22. The first kappa shape index (κ1) is 10.8. The number of nitrogens with two attached hydrogens (primary N) is 1. The minimum absolute atomic E-state index is 0.270. The molecule has 0 aliphatic carbocycles. The quantitative estimate of drug-likeness (QED) is 0.855. The summed E-state index contributed by atoms with van der Waals surface area (Å²) in [5.41, 5.74) is 7.97. The third kappa shape index (κ3) is 1.84. The molecular formula is C12H14FN3. The van der Waals surface area contributed by atoms with Crippen molar-refractivity contribution in [1.82, 2.24) is 9.78 Å².